The summed E-state index contributed by atoms with van der Waals surface area (Å²) in [4.78, 5) is 12.0. The molecule has 0 radical (unpaired) electrons. The van der Waals surface area contributed by atoms with Crippen molar-refractivity contribution in [3.05, 3.63) is 51.8 Å². The number of nitrogens with zero attached hydrogens (tertiary/aromatic N) is 2. The number of aryl methyl sites for hydroxylation is 2. The summed E-state index contributed by atoms with van der Waals surface area (Å²) < 4.78 is 7.36. The first-order valence-electron chi connectivity index (χ1n) is 8.42. The molecule has 124 valence electrons. The van der Waals surface area contributed by atoms with E-state index >= 15 is 0 Å². The molecule has 5 nitrogen and oxygen atoms in total. The Morgan fingerprint density at radius 2 is 1.91 bits per heavy atom. The third kappa shape index (κ3) is 3.72. The van der Waals surface area contributed by atoms with E-state index in [0.717, 1.165) is 42.9 Å². The fourth-order valence-electron chi connectivity index (χ4n) is 3.39. The Labute approximate surface area is 136 Å². The quantitative estimate of drug-likeness (QED) is 0.940. The van der Waals surface area contributed by atoms with Crippen molar-refractivity contribution in [2.45, 2.75) is 64.6 Å². The minimum Gasteiger partial charge on any atom is -0.465 e. The molecule has 0 bridgehead atoms. The van der Waals surface area contributed by atoms with Crippen molar-refractivity contribution in [1.29, 1.82) is 0 Å². The molecule has 2 aromatic heterocycles. The zero-order valence-electron chi connectivity index (χ0n) is 14.1. The van der Waals surface area contributed by atoms with Crippen molar-refractivity contribution in [3.63, 3.8) is 0 Å². The molecule has 2 aromatic rings. The van der Waals surface area contributed by atoms with Gasteiger partial charge in [0, 0.05) is 12.1 Å². The zero-order chi connectivity index (χ0) is 16.4. The fourth-order valence-corrected chi connectivity index (χ4v) is 3.39. The maximum absolute atomic E-state index is 12.0. The molecule has 3 rings (SSSR count). The van der Waals surface area contributed by atoms with Crippen LogP contribution in [0.2, 0.25) is 0 Å². The normalized spacial score (nSPS) is 22.9. The fraction of sp³-hybridized carbons (Fsp3) is 0.556. The van der Waals surface area contributed by atoms with Gasteiger partial charge in [-0.25, -0.2) is 4.68 Å². The van der Waals surface area contributed by atoms with Gasteiger partial charge in [0.15, 0.2) is 0 Å². The van der Waals surface area contributed by atoms with Gasteiger partial charge in [-0.15, -0.1) is 0 Å². The number of hydrogen-bond donors (Lipinski definition) is 1. The predicted octanol–water partition coefficient (Wildman–Crippen LogP) is 3.29. The van der Waals surface area contributed by atoms with Crippen LogP contribution in [0.15, 0.2) is 33.5 Å². The zero-order valence-corrected chi connectivity index (χ0v) is 14.1. The van der Waals surface area contributed by atoms with Crippen LogP contribution in [0.5, 0.6) is 0 Å². The molecule has 0 aromatic carbocycles. The average Bonchev–Trinajstić information content (AvgIpc) is 2.97. The maximum atomic E-state index is 12.0. The average molecular weight is 315 g/mol. The molecular formula is C18H25N3O2. The topological polar surface area (TPSA) is 60.1 Å². The van der Waals surface area contributed by atoms with Crippen LogP contribution >= 0.6 is 0 Å². The van der Waals surface area contributed by atoms with E-state index < -0.39 is 0 Å². The summed E-state index contributed by atoms with van der Waals surface area (Å²) in [5.74, 6) is 1.93. The standard InChI is InChI=1S/C18H25N3O2/c1-12-4-11-18(22)21(20-12)16-8-6-15(7-9-16)19-14(3)17-10-5-13(2)23-17/h4-5,10-11,14-16,19H,6-9H2,1-3H3. The summed E-state index contributed by atoms with van der Waals surface area (Å²) in [5, 5.41) is 8.05. The van der Waals surface area contributed by atoms with Crippen LogP contribution in [0, 0.1) is 13.8 Å². The highest BCUT2D eigenvalue weighted by Gasteiger charge is 2.25. The van der Waals surface area contributed by atoms with Gasteiger partial charge in [-0.1, -0.05) is 0 Å². The lowest BCUT2D eigenvalue weighted by Crippen LogP contribution is -2.37. The first-order valence-corrected chi connectivity index (χ1v) is 8.42. The Hall–Kier alpha value is -1.88. The van der Waals surface area contributed by atoms with E-state index in [0.29, 0.717) is 6.04 Å². The molecule has 1 N–H and O–H groups in total. The third-order valence-corrected chi connectivity index (χ3v) is 4.67. The smallest absolute Gasteiger partial charge is 0.267 e. The van der Waals surface area contributed by atoms with Crippen LogP contribution in [0.25, 0.3) is 0 Å². The van der Waals surface area contributed by atoms with Crippen molar-refractivity contribution in [2.24, 2.45) is 0 Å². The molecule has 1 aliphatic carbocycles. The summed E-state index contributed by atoms with van der Waals surface area (Å²) >= 11 is 0. The molecule has 1 unspecified atom stereocenters. The number of rotatable bonds is 4. The Balaban J connectivity index is 1.58. The Morgan fingerprint density at radius 3 is 2.57 bits per heavy atom. The van der Waals surface area contributed by atoms with E-state index in [4.69, 9.17) is 4.42 Å². The lowest BCUT2D eigenvalue weighted by Gasteiger charge is -2.31. The molecule has 2 heterocycles. The number of furan rings is 1. The monoisotopic (exact) mass is 315 g/mol. The van der Waals surface area contributed by atoms with Crippen LogP contribution in [0.1, 0.15) is 61.9 Å². The molecule has 0 saturated heterocycles. The third-order valence-electron chi connectivity index (χ3n) is 4.67. The number of nitrogens with one attached hydrogen (secondary N) is 1. The second-order valence-electron chi connectivity index (χ2n) is 6.60. The second-order valence-corrected chi connectivity index (χ2v) is 6.60. The largest absolute Gasteiger partial charge is 0.465 e. The van der Waals surface area contributed by atoms with Crippen LogP contribution in [0.4, 0.5) is 0 Å². The Kier molecular flexibility index (Phi) is 4.66. The maximum Gasteiger partial charge on any atom is 0.267 e. The van der Waals surface area contributed by atoms with Crippen LogP contribution in [-0.4, -0.2) is 15.8 Å². The van der Waals surface area contributed by atoms with Crippen molar-refractivity contribution >= 4 is 0 Å². The summed E-state index contributed by atoms with van der Waals surface area (Å²) in [6.45, 7) is 6.03. The van der Waals surface area contributed by atoms with Crippen LogP contribution < -0.4 is 10.9 Å². The predicted molar refractivity (Wildman–Crippen MR) is 89.5 cm³/mol. The van der Waals surface area contributed by atoms with Crippen molar-refractivity contribution in [1.82, 2.24) is 15.1 Å². The molecule has 1 saturated carbocycles. The first kappa shape index (κ1) is 16.0. The molecule has 0 amide bonds. The van der Waals surface area contributed by atoms with Crippen LogP contribution in [-0.2, 0) is 0 Å². The molecular weight excluding hydrogens is 290 g/mol. The van der Waals surface area contributed by atoms with Gasteiger partial charge in [0.2, 0.25) is 0 Å². The Morgan fingerprint density at radius 1 is 1.17 bits per heavy atom. The van der Waals surface area contributed by atoms with E-state index in [1.807, 2.05) is 26.0 Å². The summed E-state index contributed by atoms with van der Waals surface area (Å²) in [7, 11) is 0. The second kappa shape index (κ2) is 6.71. The molecule has 23 heavy (non-hydrogen) atoms. The van der Waals surface area contributed by atoms with E-state index in [9.17, 15) is 4.79 Å². The van der Waals surface area contributed by atoms with E-state index in [2.05, 4.69) is 17.3 Å². The molecule has 0 spiro atoms. The highest BCUT2D eigenvalue weighted by atomic mass is 16.3. The number of hydrogen-bond acceptors (Lipinski definition) is 4. The van der Waals surface area contributed by atoms with Crippen molar-refractivity contribution in [2.75, 3.05) is 0 Å². The van der Waals surface area contributed by atoms with Gasteiger partial charge in [0.25, 0.3) is 5.56 Å². The summed E-state index contributed by atoms with van der Waals surface area (Å²) in [6, 6.07) is 8.33. The summed E-state index contributed by atoms with van der Waals surface area (Å²) in [6.07, 6.45) is 4.07. The lowest BCUT2D eigenvalue weighted by atomic mass is 9.90. The van der Waals surface area contributed by atoms with Gasteiger partial charge in [-0.3, -0.25) is 4.79 Å². The highest BCUT2D eigenvalue weighted by Crippen LogP contribution is 2.28. The minimum absolute atomic E-state index is 0.00596. The van der Waals surface area contributed by atoms with Gasteiger partial charge in [-0.2, -0.15) is 5.10 Å². The minimum atomic E-state index is 0.00596. The first-order chi connectivity index (χ1) is 11.0. The number of aromatic nitrogens is 2. The molecule has 5 heteroatoms. The highest BCUT2D eigenvalue weighted by molar-refractivity contribution is 5.09. The molecule has 1 fully saturated rings. The SMILES string of the molecule is Cc1ccc(=O)n(C2CCC(NC(C)c3ccc(C)o3)CC2)n1. The van der Waals surface area contributed by atoms with Gasteiger partial charge >= 0.3 is 0 Å². The van der Waals surface area contributed by atoms with E-state index in [1.54, 1.807) is 16.8 Å². The van der Waals surface area contributed by atoms with Gasteiger partial charge in [0.05, 0.1) is 17.8 Å². The summed E-state index contributed by atoms with van der Waals surface area (Å²) in [5.41, 5.74) is 0.901. The van der Waals surface area contributed by atoms with Crippen molar-refractivity contribution in [3.8, 4) is 0 Å². The van der Waals surface area contributed by atoms with Gasteiger partial charge in [0.1, 0.15) is 11.5 Å². The Bertz CT molecular complexity index is 711. The van der Waals surface area contributed by atoms with Gasteiger partial charge < -0.3 is 9.73 Å². The van der Waals surface area contributed by atoms with Gasteiger partial charge in [-0.05, 0) is 64.7 Å². The molecule has 0 aliphatic heterocycles. The molecule has 1 aliphatic rings. The molecule has 1 atom stereocenters. The van der Waals surface area contributed by atoms with Crippen molar-refractivity contribution < 1.29 is 4.42 Å². The van der Waals surface area contributed by atoms with E-state index in [1.165, 1.54) is 0 Å². The van der Waals surface area contributed by atoms with Crippen LogP contribution in [0.3, 0.4) is 0 Å². The lowest BCUT2D eigenvalue weighted by molar-refractivity contribution is 0.251. The van der Waals surface area contributed by atoms with E-state index in [-0.39, 0.29) is 17.6 Å².